The van der Waals surface area contributed by atoms with Gasteiger partial charge in [0.15, 0.2) is 5.78 Å². The summed E-state index contributed by atoms with van der Waals surface area (Å²) >= 11 is 0. The van der Waals surface area contributed by atoms with E-state index < -0.39 is 5.41 Å². The molecule has 618 valence electrons. The van der Waals surface area contributed by atoms with Gasteiger partial charge in [-0.25, -0.2) is 0 Å². The van der Waals surface area contributed by atoms with Crippen molar-refractivity contribution in [1.29, 1.82) is 0 Å². The zero-order chi connectivity index (χ0) is 87.5. The fraction of sp³-hybridized carbons (Fsp3) is 0.269. The van der Waals surface area contributed by atoms with Gasteiger partial charge in [-0.2, -0.15) is 0 Å². The van der Waals surface area contributed by atoms with Crippen LogP contribution in [0.2, 0.25) is 0 Å². The second-order valence-electron chi connectivity index (χ2n) is 36.5. The highest BCUT2D eigenvalue weighted by Crippen LogP contribution is 2.48. The zero-order valence-corrected chi connectivity index (χ0v) is 72.9. The molecule has 0 fully saturated rings. The summed E-state index contributed by atoms with van der Waals surface area (Å²) in [5.74, 6) is 2.75. The van der Waals surface area contributed by atoms with Crippen molar-refractivity contribution in [2.45, 2.75) is 189 Å². The van der Waals surface area contributed by atoms with E-state index >= 15 is 0 Å². The minimum absolute atomic E-state index is 0.127. The fourth-order valence-electron chi connectivity index (χ4n) is 15.2. The monoisotopic (exact) mass is 1590 g/mol. The summed E-state index contributed by atoms with van der Waals surface area (Å²) in [7, 11) is 0. The van der Waals surface area contributed by atoms with Crippen LogP contribution in [0.25, 0.3) is 0 Å². The Labute approximate surface area is 705 Å². The minimum Gasteiger partial charge on any atom is -0.508 e. The molecule has 0 atom stereocenters. The normalized spacial score (nSPS) is 11.8. The van der Waals surface area contributed by atoms with Crippen molar-refractivity contribution in [3.63, 3.8) is 0 Å². The second-order valence-corrected chi connectivity index (χ2v) is 36.5. The molecule has 0 saturated carbocycles. The van der Waals surface area contributed by atoms with Gasteiger partial charge in [-0.05, 0) is 271 Å². The lowest BCUT2D eigenvalue weighted by Crippen LogP contribution is -2.30. The molecule has 11 heteroatoms. The number of hydrogen-bond donors (Lipinski definition) is 10. The maximum absolute atomic E-state index is 11.9. The maximum Gasteiger partial charge on any atom is 0.193 e. The van der Waals surface area contributed by atoms with Gasteiger partial charge in [-0.15, -0.1) is 0 Å². The Morgan fingerprint density at radius 2 is 0.412 bits per heavy atom. The van der Waals surface area contributed by atoms with Gasteiger partial charge in [-0.3, -0.25) is 4.79 Å². The summed E-state index contributed by atoms with van der Waals surface area (Å²) in [6, 6.07) is 87.7. The van der Waals surface area contributed by atoms with Crippen molar-refractivity contribution in [3.8, 4) is 57.5 Å². The van der Waals surface area contributed by atoms with Crippen LogP contribution in [0.1, 0.15) is 238 Å². The third kappa shape index (κ3) is 22.2. The molecule has 0 saturated heterocycles. The van der Waals surface area contributed by atoms with Crippen LogP contribution >= 0.6 is 0 Å². The van der Waals surface area contributed by atoms with Gasteiger partial charge in [0.1, 0.15) is 57.5 Å². The van der Waals surface area contributed by atoms with Crippen LogP contribution < -0.4 is 0 Å². The summed E-state index contributed by atoms with van der Waals surface area (Å²) in [4.78, 5) is 11.9. The van der Waals surface area contributed by atoms with Gasteiger partial charge >= 0.3 is 0 Å². The molecule has 10 N–H and O–H groups in total. The predicted molar refractivity (Wildman–Crippen MR) is 486 cm³/mol. The number of aromatic hydroxyl groups is 10. The van der Waals surface area contributed by atoms with Gasteiger partial charge in [-0.1, -0.05) is 293 Å². The van der Waals surface area contributed by atoms with Gasteiger partial charge in [0, 0.05) is 22.0 Å². The maximum atomic E-state index is 11.9. The first-order valence-electron chi connectivity index (χ1n) is 40.5. The minimum atomic E-state index is -0.566. The highest BCUT2D eigenvalue weighted by atomic mass is 16.3. The van der Waals surface area contributed by atoms with Crippen molar-refractivity contribution in [2.24, 2.45) is 0 Å². The molecule has 13 aromatic rings. The standard InChI is InChI=1S/C29H44O2.C25H20O2.C24H26O2.C17H20O2.C13H10O3/c1-26(2,3)20-14-18(15-21(24(20)30)27(4,5)6)13-19-16-22(28(7,8)9)25(31)23(17-19)29(10,11)12;26-23-15-11-21(12-16-23)25(19-7-3-1-4-8-19,20-9-5-2-6-10-20)22-13-17-24(27)18-14-22;1-23(2,19-9-13-21(25)14-10-19)17-5-7-18(8-6-17)24(3,4)20-11-15-22(26)16-12-20;1-10-5-14(6-11(2)16(10)18)9-15-7-12(3)17(19)13(4)8-15;14-11-5-1-9(2-6-11)13(16)10-3-7-12(15)8-4-10/h14-17,30-31H,13H2,1-12H3;1-18,26-27H;5-16,25-26H,1-4H3;5-8,18-19H,9H2,1-4H3;1-8,14-15H. The van der Waals surface area contributed by atoms with E-state index in [-0.39, 0.29) is 72.8 Å². The van der Waals surface area contributed by atoms with Crippen LogP contribution in [0, 0.1) is 27.7 Å². The number of carbonyl (C=O) groups is 1. The number of carbonyl (C=O) groups excluding carboxylic acids is 1. The van der Waals surface area contributed by atoms with Gasteiger partial charge in [0.2, 0.25) is 0 Å². The third-order valence-electron chi connectivity index (χ3n) is 22.3. The van der Waals surface area contributed by atoms with Crippen LogP contribution in [0.15, 0.2) is 279 Å². The van der Waals surface area contributed by atoms with E-state index in [0.29, 0.717) is 34.1 Å². The molecular weight excluding hydrogens is 1470 g/mol. The average molecular weight is 1590 g/mol. The molecule has 0 aliphatic carbocycles. The molecular formula is C108H120O11. The first kappa shape index (κ1) is 90.4. The highest BCUT2D eigenvalue weighted by molar-refractivity contribution is 6.09. The van der Waals surface area contributed by atoms with E-state index in [9.17, 15) is 45.6 Å². The van der Waals surface area contributed by atoms with E-state index in [4.69, 9.17) is 10.2 Å². The van der Waals surface area contributed by atoms with E-state index in [1.165, 1.54) is 68.8 Å². The van der Waals surface area contributed by atoms with Crippen molar-refractivity contribution in [1.82, 2.24) is 0 Å². The summed E-state index contributed by atoms with van der Waals surface area (Å²) in [6.45, 7) is 42.2. The number of ketones is 1. The predicted octanol–water partition coefficient (Wildman–Crippen LogP) is 25.4. The Morgan fingerprint density at radius 3 is 0.630 bits per heavy atom. The molecule has 0 aliphatic heterocycles. The van der Waals surface area contributed by atoms with Crippen molar-refractivity contribution in [2.75, 3.05) is 0 Å². The number of hydrogen-bond acceptors (Lipinski definition) is 11. The van der Waals surface area contributed by atoms with E-state index in [1.807, 2.05) is 137 Å². The lowest BCUT2D eigenvalue weighted by molar-refractivity contribution is 0.103. The Balaban J connectivity index is 0.000000172. The topological polar surface area (TPSA) is 219 Å². The summed E-state index contributed by atoms with van der Waals surface area (Å²) in [6.07, 6.45) is 1.57. The number of phenols is 10. The van der Waals surface area contributed by atoms with Gasteiger partial charge in [0.05, 0.1) is 5.41 Å². The molecule has 13 aromatic carbocycles. The molecule has 0 aromatic heterocycles. The molecule has 119 heavy (non-hydrogen) atoms. The Bertz CT molecular complexity index is 5100. The Hall–Kier alpha value is -12.5. The van der Waals surface area contributed by atoms with Crippen molar-refractivity contribution < 1.29 is 55.9 Å². The van der Waals surface area contributed by atoms with Crippen LogP contribution in [0.4, 0.5) is 0 Å². The second kappa shape index (κ2) is 37.0. The van der Waals surface area contributed by atoms with Gasteiger partial charge in [0.25, 0.3) is 0 Å². The van der Waals surface area contributed by atoms with Gasteiger partial charge < -0.3 is 51.1 Å². The molecule has 13 rings (SSSR count). The molecule has 0 spiro atoms. The molecule has 0 radical (unpaired) electrons. The van der Waals surface area contributed by atoms with E-state index in [2.05, 4.69) is 184 Å². The summed E-state index contributed by atoms with van der Waals surface area (Å²) in [5.41, 5.74) is 21.0. The molecule has 0 unspecified atom stereocenters. The van der Waals surface area contributed by atoms with Crippen molar-refractivity contribution >= 4 is 5.78 Å². The lowest BCUT2D eigenvalue weighted by Gasteiger charge is -2.36. The molecule has 0 heterocycles. The summed E-state index contributed by atoms with van der Waals surface area (Å²) in [5, 5.41) is 98.6. The average Bonchev–Trinajstić information content (AvgIpc) is 0.720. The SMILES string of the molecule is CC(C)(C)c1cc(Cc2cc(C(C)(C)C)c(O)c(C(C)(C)C)c2)cc(C(C)(C)C)c1O.CC(C)(c1ccc(O)cc1)c1ccc(C(C)(C)c2ccc(O)cc2)cc1.Cc1cc(Cc2cc(C)c(O)c(C)c2)cc(C)c1O.O=C(c1ccc(O)cc1)c1ccc(O)cc1.Oc1ccc(C(c2ccccc2)(c2ccccc2)c2ccc(O)cc2)cc1. The molecule has 0 amide bonds. The highest BCUT2D eigenvalue weighted by Gasteiger charge is 2.39. The lowest BCUT2D eigenvalue weighted by atomic mass is 9.65. The number of phenolic OH excluding ortho intramolecular Hbond substituents is 10. The van der Waals surface area contributed by atoms with Crippen LogP contribution in [0.3, 0.4) is 0 Å². The number of rotatable bonds is 14. The molecule has 0 bridgehead atoms. The first-order valence-corrected chi connectivity index (χ1v) is 40.5. The Kier molecular flexibility index (Phi) is 28.1. The third-order valence-corrected chi connectivity index (χ3v) is 22.3. The summed E-state index contributed by atoms with van der Waals surface area (Å²) < 4.78 is 0. The van der Waals surface area contributed by atoms with Crippen LogP contribution in [0.5, 0.6) is 57.5 Å². The van der Waals surface area contributed by atoms with Crippen LogP contribution in [-0.2, 0) is 50.7 Å². The number of benzene rings is 13. The largest absolute Gasteiger partial charge is 0.508 e. The fourth-order valence-corrected chi connectivity index (χ4v) is 15.2. The zero-order valence-electron chi connectivity index (χ0n) is 72.9. The molecule has 11 nitrogen and oxygen atoms in total. The Morgan fingerprint density at radius 1 is 0.227 bits per heavy atom. The smallest absolute Gasteiger partial charge is 0.193 e. The molecule has 0 aliphatic rings. The van der Waals surface area contributed by atoms with E-state index in [0.717, 1.165) is 79.6 Å². The first-order chi connectivity index (χ1) is 55.7. The van der Waals surface area contributed by atoms with E-state index in [1.54, 1.807) is 72.8 Å². The number of aryl methyl sites for hydroxylation is 4. The van der Waals surface area contributed by atoms with Crippen LogP contribution in [-0.4, -0.2) is 56.8 Å². The van der Waals surface area contributed by atoms with Crippen molar-refractivity contribution in [3.05, 3.63) is 401 Å². The quantitative estimate of drug-likeness (QED) is 0.0365.